The van der Waals surface area contributed by atoms with Gasteiger partial charge in [-0.15, -0.1) is 0 Å². The summed E-state index contributed by atoms with van der Waals surface area (Å²) in [5, 5.41) is 12.9. The molecule has 2 aromatic rings. The second-order valence-electron chi connectivity index (χ2n) is 4.04. The summed E-state index contributed by atoms with van der Waals surface area (Å²) in [7, 11) is 0. The lowest BCUT2D eigenvalue weighted by Crippen LogP contribution is -2.12. The molecule has 1 aromatic carbocycles. The zero-order valence-corrected chi connectivity index (χ0v) is 10.4. The van der Waals surface area contributed by atoms with E-state index in [1.807, 2.05) is 0 Å². The van der Waals surface area contributed by atoms with E-state index in [-0.39, 0.29) is 11.7 Å². The third-order valence-electron chi connectivity index (χ3n) is 2.51. The molecule has 0 saturated heterocycles. The van der Waals surface area contributed by atoms with Crippen molar-refractivity contribution in [1.82, 2.24) is 9.97 Å². The van der Waals surface area contributed by atoms with E-state index < -0.39 is 6.10 Å². The van der Waals surface area contributed by atoms with Crippen LogP contribution in [0.5, 0.6) is 0 Å². The molecule has 6 heteroatoms. The Bertz CT molecular complexity index is 586. The number of nitrogens with one attached hydrogen (secondary N) is 1. The fourth-order valence-electron chi connectivity index (χ4n) is 1.70. The molecule has 0 spiro atoms. The molecule has 1 atom stereocenters. The van der Waals surface area contributed by atoms with E-state index in [0.717, 1.165) is 0 Å². The maximum Gasteiger partial charge on any atom is 0.221 e. The number of aromatic nitrogens is 2. The van der Waals surface area contributed by atoms with Gasteiger partial charge in [-0.05, 0) is 24.3 Å². The van der Waals surface area contributed by atoms with Gasteiger partial charge >= 0.3 is 0 Å². The summed E-state index contributed by atoms with van der Waals surface area (Å²) < 4.78 is 0. The number of hydrogen-bond donors (Lipinski definition) is 3. The van der Waals surface area contributed by atoms with Crippen molar-refractivity contribution >= 4 is 17.3 Å². The van der Waals surface area contributed by atoms with Crippen LogP contribution >= 0.6 is 0 Å². The summed E-state index contributed by atoms with van der Waals surface area (Å²) in [6.45, 7) is 1.39. The number of rotatable bonds is 3. The number of nitrogens with zero attached hydrogens (tertiary/aromatic N) is 2. The Morgan fingerprint density at radius 3 is 2.68 bits per heavy atom. The number of amides is 1. The van der Waals surface area contributed by atoms with Gasteiger partial charge in [0.1, 0.15) is 6.10 Å². The Hall–Kier alpha value is -2.47. The Morgan fingerprint density at radius 2 is 2.05 bits per heavy atom. The molecule has 0 unspecified atom stereocenters. The van der Waals surface area contributed by atoms with E-state index in [1.165, 1.54) is 19.3 Å². The number of carbonyl (C=O) groups excluding carboxylic acids is 1. The summed E-state index contributed by atoms with van der Waals surface area (Å²) >= 11 is 0. The molecule has 0 saturated carbocycles. The van der Waals surface area contributed by atoms with Crippen molar-refractivity contribution in [2.75, 3.05) is 11.1 Å². The summed E-state index contributed by atoms with van der Waals surface area (Å²) in [4.78, 5) is 19.1. The zero-order valence-electron chi connectivity index (χ0n) is 10.4. The van der Waals surface area contributed by atoms with Gasteiger partial charge in [0.05, 0.1) is 0 Å². The number of benzene rings is 1. The van der Waals surface area contributed by atoms with Crippen molar-refractivity contribution in [1.29, 1.82) is 0 Å². The molecule has 0 aliphatic heterocycles. The predicted octanol–water partition coefficient (Wildman–Crippen LogP) is 1.10. The van der Waals surface area contributed by atoms with E-state index in [2.05, 4.69) is 15.3 Å². The van der Waals surface area contributed by atoms with Crippen molar-refractivity contribution in [2.45, 2.75) is 13.0 Å². The molecule has 19 heavy (non-hydrogen) atoms. The molecular weight excluding hydrogens is 244 g/mol. The van der Waals surface area contributed by atoms with Crippen molar-refractivity contribution in [3.63, 3.8) is 0 Å². The van der Waals surface area contributed by atoms with Crippen molar-refractivity contribution in [3.8, 4) is 0 Å². The van der Waals surface area contributed by atoms with E-state index in [9.17, 15) is 9.90 Å². The summed E-state index contributed by atoms with van der Waals surface area (Å²) in [6, 6.07) is 6.53. The van der Waals surface area contributed by atoms with Crippen molar-refractivity contribution in [3.05, 3.63) is 48.0 Å². The number of anilines is 2. The number of nitrogen functional groups attached to an aromatic ring is 1. The summed E-state index contributed by atoms with van der Waals surface area (Å²) in [5.41, 5.74) is 7.14. The first-order valence-corrected chi connectivity index (χ1v) is 5.70. The number of aliphatic hydroxyl groups excluding tert-OH is 1. The Labute approximate surface area is 110 Å². The fraction of sp³-hybridized carbons (Fsp3) is 0.154. The lowest BCUT2D eigenvalue weighted by Gasteiger charge is -2.15. The minimum absolute atomic E-state index is 0.229. The highest BCUT2D eigenvalue weighted by Crippen LogP contribution is 2.28. The van der Waals surface area contributed by atoms with Crippen molar-refractivity contribution < 1.29 is 9.90 Å². The molecule has 1 amide bonds. The van der Waals surface area contributed by atoms with Crippen LogP contribution in [0, 0.1) is 0 Å². The second-order valence-corrected chi connectivity index (χ2v) is 4.04. The first kappa shape index (κ1) is 13.0. The van der Waals surface area contributed by atoms with Gasteiger partial charge in [-0.3, -0.25) is 4.79 Å². The van der Waals surface area contributed by atoms with Gasteiger partial charge in [-0.1, -0.05) is 0 Å². The van der Waals surface area contributed by atoms with Gasteiger partial charge in [0, 0.05) is 36.3 Å². The Kier molecular flexibility index (Phi) is 3.72. The topological polar surface area (TPSA) is 101 Å². The maximum atomic E-state index is 11.2. The lowest BCUT2D eigenvalue weighted by molar-refractivity contribution is -0.114. The van der Waals surface area contributed by atoms with Crippen LogP contribution in [-0.4, -0.2) is 21.0 Å². The van der Waals surface area contributed by atoms with E-state index in [1.54, 1.807) is 24.3 Å². The van der Waals surface area contributed by atoms with Crippen LogP contribution in [0.25, 0.3) is 0 Å². The Balaban J connectivity index is 2.42. The number of carbonyl (C=O) groups is 1. The average Bonchev–Trinajstić information content (AvgIpc) is 2.40. The standard InChI is InChI=1S/C13H14N4O2/c1-8(18)17-11-4-3-9(14)7-10(11)12(19)13-15-5-2-6-16-13/h2-7,12,19H,14H2,1H3,(H,17,18)/t12-/m0/s1. The van der Waals surface area contributed by atoms with Crippen LogP contribution in [0.4, 0.5) is 11.4 Å². The SMILES string of the molecule is CC(=O)Nc1ccc(N)cc1[C@H](O)c1ncccn1. The molecule has 0 bridgehead atoms. The first-order chi connectivity index (χ1) is 9.08. The highest BCUT2D eigenvalue weighted by Gasteiger charge is 2.17. The van der Waals surface area contributed by atoms with Gasteiger partial charge in [0.2, 0.25) is 5.91 Å². The first-order valence-electron chi connectivity index (χ1n) is 5.70. The molecule has 1 aromatic heterocycles. The molecule has 98 valence electrons. The van der Waals surface area contributed by atoms with Crippen LogP contribution in [0.3, 0.4) is 0 Å². The normalized spacial score (nSPS) is 11.9. The van der Waals surface area contributed by atoms with Crippen LogP contribution < -0.4 is 11.1 Å². The molecule has 1 heterocycles. The van der Waals surface area contributed by atoms with E-state index >= 15 is 0 Å². The third-order valence-corrected chi connectivity index (χ3v) is 2.51. The van der Waals surface area contributed by atoms with E-state index in [4.69, 9.17) is 5.73 Å². The van der Waals surface area contributed by atoms with Gasteiger partial charge in [-0.2, -0.15) is 0 Å². The second kappa shape index (κ2) is 5.45. The molecule has 2 rings (SSSR count). The zero-order chi connectivity index (χ0) is 13.8. The average molecular weight is 258 g/mol. The van der Waals surface area contributed by atoms with Crippen LogP contribution in [0.1, 0.15) is 24.4 Å². The molecule has 0 aliphatic carbocycles. The maximum absolute atomic E-state index is 11.2. The molecule has 4 N–H and O–H groups in total. The van der Waals surface area contributed by atoms with E-state index in [0.29, 0.717) is 16.9 Å². The molecule has 6 nitrogen and oxygen atoms in total. The van der Waals surface area contributed by atoms with Crippen LogP contribution in [0.15, 0.2) is 36.7 Å². The Morgan fingerprint density at radius 1 is 1.37 bits per heavy atom. The molecule has 0 aliphatic rings. The minimum Gasteiger partial charge on any atom is -0.399 e. The minimum atomic E-state index is -1.05. The number of aliphatic hydroxyl groups is 1. The van der Waals surface area contributed by atoms with Gasteiger partial charge in [0.15, 0.2) is 5.82 Å². The van der Waals surface area contributed by atoms with Crippen molar-refractivity contribution in [2.24, 2.45) is 0 Å². The van der Waals surface area contributed by atoms with Gasteiger partial charge in [0.25, 0.3) is 0 Å². The quantitative estimate of drug-likeness (QED) is 0.715. The highest BCUT2D eigenvalue weighted by molar-refractivity contribution is 5.90. The predicted molar refractivity (Wildman–Crippen MR) is 71.3 cm³/mol. The smallest absolute Gasteiger partial charge is 0.221 e. The fourth-order valence-corrected chi connectivity index (χ4v) is 1.70. The van der Waals surface area contributed by atoms with Gasteiger partial charge < -0.3 is 16.2 Å². The molecule has 0 radical (unpaired) electrons. The number of hydrogen-bond acceptors (Lipinski definition) is 5. The molecule has 0 fully saturated rings. The number of nitrogens with two attached hydrogens (primary N) is 1. The molecular formula is C13H14N4O2. The van der Waals surface area contributed by atoms with Crippen LogP contribution in [-0.2, 0) is 4.79 Å². The summed E-state index contributed by atoms with van der Waals surface area (Å²) in [5.74, 6) is 0.0203. The largest absolute Gasteiger partial charge is 0.399 e. The third kappa shape index (κ3) is 3.05. The van der Waals surface area contributed by atoms with Crippen LogP contribution in [0.2, 0.25) is 0 Å². The summed E-state index contributed by atoms with van der Waals surface area (Å²) in [6.07, 6.45) is 2.03. The van der Waals surface area contributed by atoms with Gasteiger partial charge in [-0.25, -0.2) is 9.97 Å². The lowest BCUT2D eigenvalue weighted by atomic mass is 10.1. The monoisotopic (exact) mass is 258 g/mol. The highest BCUT2D eigenvalue weighted by atomic mass is 16.3.